The lowest BCUT2D eigenvalue weighted by Crippen LogP contribution is -2.39. The van der Waals surface area contributed by atoms with Gasteiger partial charge >= 0.3 is 0 Å². The fourth-order valence-electron chi connectivity index (χ4n) is 3.54. The van der Waals surface area contributed by atoms with Gasteiger partial charge in [0.05, 0.1) is 12.7 Å². The first-order valence-corrected chi connectivity index (χ1v) is 9.20. The second kappa shape index (κ2) is 7.81. The van der Waals surface area contributed by atoms with Crippen molar-refractivity contribution >= 4 is 16.6 Å². The Morgan fingerprint density at radius 1 is 0.962 bits per heavy atom. The number of nitrogens with zero attached hydrogens (tertiary/aromatic N) is 1. The highest BCUT2D eigenvalue weighted by Gasteiger charge is 2.22. The number of fused-ring (bicyclic) bond motifs is 1. The number of hydrogen-bond acceptors (Lipinski definition) is 3. The highest BCUT2D eigenvalue weighted by Crippen LogP contribution is 2.22. The first-order valence-electron chi connectivity index (χ1n) is 9.20. The molecule has 1 aliphatic rings. The molecule has 132 valence electrons. The molecule has 0 amide bonds. The minimum atomic E-state index is 0.0979. The summed E-state index contributed by atoms with van der Waals surface area (Å²) >= 11 is 0. The average molecular weight is 345 g/mol. The first-order chi connectivity index (χ1) is 12.8. The van der Waals surface area contributed by atoms with Gasteiger partial charge < -0.3 is 4.74 Å². The molecule has 3 aromatic carbocycles. The van der Waals surface area contributed by atoms with E-state index in [4.69, 9.17) is 4.74 Å². The molecule has 1 atom stereocenters. The molecule has 1 fully saturated rings. The molecule has 0 aromatic heterocycles. The maximum atomic E-state index is 12.6. The van der Waals surface area contributed by atoms with E-state index in [9.17, 15) is 4.79 Å². The van der Waals surface area contributed by atoms with Crippen molar-refractivity contribution < 1.29 is 9.53 Å². The SMILES string of the molecule is O=C(CCN1CCO[C@H](c2ccccc2)C1)c1ccc2ccccc2c1. The van der Waals surface area contributed by atoms with Gasteiger partial charge in [0.25, 0.3) is 0 Å². The molecule has 0 saturated carbocycles. The van der Waals surface area contributed by atoms with Crippen LogP contribution in [0.2, 0.25) is 0 Å². The summed E-state index contributed by atoms with van der Waals surface area (Å²) in [7, 11) is 0. The molecule has 3 aromatic rings. The number of hydrogen-bond donors (Lipinski definition) is 0. The van der Waals surface area contributed by atoms with E-state index >= 15 is 0 Å². The molecule has 0 spiro atoms. The lowest BCUT2D eigenvalue weighted by atomic mass is 10.0. The summed E-state index contributed by atoms with van der Waals surface area (Å²) in [6, 6.07) is 24.4. The minimum Gasteiger partial charge on any atom is -0.371 e. The molecule has 4 rings (SSSR count). The van der Waals surface area contributed by atoms with Gasteiger partial charge in [0.1, 0.15) is 0 Å². The van der Waals surface area contributed by atoms with Gasteiger partial charge in [-0.2, -0.15) is 0 Å². The molecule has 1 aliphatic heterocycles. The Morgan fingerprint density at radius 2 is 1.73 bits per heavy atom. The average Bonchev–Trinajstić information content (AvgIpc) is 2.72. The molecule has 0 aliphatic carbocycles. The molecule has 3 heteroatoms. The zero-order chi connectivity index (χ0) is 17.8. The first kappa shape index (κ1) is 17.0. The van der Waals surface area contributed by atoms with E-state index in [1.165, 1.54) is 10.9 Å². The van der Waals surface area contributed by atoms with Crippen molar-refractivity contribution in [2.75, 3.05) is 26.2 Å². The van der Waals surface area contributed by atoms with Crippen LogP contribution in [0, 0.1) is 0 Å². The highest BCUT2D eigenvalue weighted by atomic mass is 16.5. The number of rotatable bonds is 5. The molecule has 26 heavy (non-hydrogen) atoms. The summed E-state index contributed by atoms with van der Waals surface area (Å²) in [6.45, 7) is 3.21. The van der Waals surface area contributed by atoms with E-state index < -0.39 is 0 Å². The Kier molecular flexibility index (Phi) is 5.09. The monoisotopic (exact) mass is 345 g/mol. The van der Waals surface area contributed by atoms with Crippen LogP contribution in [0.4, 0.5) is 0 Å². The van der Waals surface area contributed by atoms with E-state index in [2.05, 4.69) is 29.2 Å². The standard InChI is InChI=1S/C23H23NO2/c25-22(21-11-10-18-6-4-5-9-20(18)16-21)12-13-24-14-15-26-23(17-24)19-7-2-1-3-8-19/h1-11,16,23H,12-15,17H2/t23-/m0/s1. The predicted molar refractivity (Wildman–Crippen MR) is 104 cm³/mol. The molecule has 1 heterocycles. The lowest BCUT2D eigenvalue weighted by molar-refractivity contribution is -0.0297. The minimum absolute atomic E-state index is 0.0979. The Balaban J connectivity index is 1.37. The van der Waals surface area contributed by atoms with Crippen LogP contribution in [-0.2, 0) is 4.74 Å². The van der Waals surface area contributed by atoms with Crippen LogP contribution in [0.15, 0.2) is 72.8 Å². The quantitative estimate of drug-likeness (QED) is 0.638. The van der Waals surface area contributed by atoms with Gasteiger partial charge in [-0.05, 0) is 22.4 Å². The fourth-order valence-corrected chi connectivity index (χ4v) is 3.54. The van der Waals surface area contributed by atoms with Gasteiger partial charge in [0.15, 0.2) is 5.78 Å². The number of carbonyl (C=O) groups excluding carboxylic acids is 1. The number of carbonyl (C=O) groups is 1. The zero-order valence-electron chi connectivity index (χ0n) is 14.8. The lowest BCUT2D eigenvalue weighted by Gasteiger charge is -2.33. The molecule has 0 bridgehead atoms. The number of benzene rings is 3. The number of Topliss-reactive ketones (excluding diaryl/α,β-unsaturated/α-hetero) is 1. The normalized spacial score (nSPS) is 18.1. The van der Waals surface area contributed by atoms with Gasteiger partial charge in [0, 0.05) is 31.6 Å². The fraction of sp³-hybridized carbons (Fsp3) is 0.261. The van der Waals surface area contributed by atoms with E-state index in [0.717, 1.165) is 30.6 Å². The second-order valence-electron chi connectivity index (χ2n) is 6.81. The third kappa shape index (κ3) is 3.85. The van der Waals surface area contributed by atoms with Crippen LogP contribution in [0.1, 0.15) is 28.4 Å². The van der Waals surface area contributed by atoms with E-state index in [1.807, 2.05) is 48.5 Å². The van der Waals surface area contributed by atoms with Crippen LogP contribution in [0.3, 0.4) is 0 Å². The third-order valence-electron chi connectivity index (χ3n) is 5.05. The maximum Gasteiger partial charge on any atom is 0.164 e. The van der Waals surface area contributed by atoms with Crippen LogP contribution in [0.5, 0.6) is 0 Å². The van der Waals surface area contributed by atoms with Gasteiger partial charge in [-0.1, -0.05) is 66.7 Å². The molecular formula is C23H23NO2. The highest BCUT2D eigenvalue weighted by molar-refractivity contribution is 6.00. The van der Waals surface area contributed by atoms with Crippen molar-refractivity contribution in [1.82, 2.24) is 4.90 Å². The summed E-state index contributed by atoms with van der Waals surface area (Å²) in [5.74, 6) is 0.207. The summed E-state index contributed by atoms with van der Waals surface area (Å²) in [4.78, 5) is 15.0. The van der Waals surface area contributed by atoms with Crippen molar-refractivity contribution in [1.29, 1.82) is 0 Å². The van der Waals surface area contributed by atoms with E-state index in [-0.39, 0.29) is 11.9 Å². The van der Waals surface area contributed by atoms with Crippen LogP contribution < -0.4 is 0 Å². The summed E-state index contributed by atoms with van der Waals surface area (Å²) < 4.78 is 5.91. The summed E-state index contributed by atoms with van der Waals surface area (Å²) in [5, 5.41) is 2.29. The van der Waals surface area contributed by atoms with Crippen LogP contribution >= 0.6 is 0 Å². The van der Waals surface area contributed by atoms with Crippen molar-refractivity contribution in [2.24, 2.45) is 0 Å². The predicted octanol–water partition coefficient (Wildman–Crippen LogP) is 4.49. The second-order valence-corrected chi connectivity index (χ2v) is 6.81. The van der Waals surface area contributed by atoms with Gasteiger partial charge in [0.2, 0.25) is 0 Å². The molecule has 0 unspecified atom stereocenters. The van der Waals surface area contributed by atoms with E-state index in [1.54, 1.807) is 0 Å². The Bertz CT molecular complexity index is 891. The largest absolute Gasteiger partial charge is 0.371 e. The number of ether oxygens (including phenoxy) is 1. The van der Waals surface area contributed by atoms with Crippen LogP contribution in [0.25, 0.3) is 10.8 Å². The zero-order valence-corrected chi connectivity index (χ0v) is 14.8. The van der Waals surface area contributed by atoms with Gasteiger partial charge in [-0.25, -0.2) is 0 Å². The van der Waals surface area contributed by atoms with Crippen LogP contribution in [-0.4, -0.2) is 36.9 Å². The molecule has 1 saturated heterocycles. The molecular weight excluding hydrogens is 322 g/mol. The Morgan fingerprint density at radius 3 is 2.58 bits per heavy atom. The topological polar surface area (TPSA) is 29.5 Å². The Hall–Kier alpha value is -2.49. The number of morpholine rings is 1. The van der Waals surface area contributed by atoms with Crippen molar-refractivity contribution in [3.8, 4) is 0 Å². The molecule has 0 N–H and O–H groups in total. The summed E-state index contributed by atoms with van der Waals surface area (Å²) in [5.41, 5.74) is 2.01. The third-order valence-corrected chi connectivity index (χ3v) is 5.05. The van der Waals surface area contributed by atoms with Gasteiger partial charge in [-0.3, -0.25) is 9.69 Å². The molecule has 0 radical (unpaired) electrons. The van der Waals surface area contributed by atoms with Crippen molar-refractivity contribution in [3.05, 3.63) is 83.9 Å². The van der Waals surface area contributed by atoms with Gasteiger partial charge in [-0.15, -0.1) is 0 Å². The smallest absolute Gasteiger partial charge is 0.164 e. The van der Waals surface area contributed by atoms with E-state index in [0.29, 0.717) is 13.0 Å². The van der Waals surface area contributed by atoms with Crippen molar-refractivity contribution in [3.63, 3.8) is 0 Å². The number of ketones is 1. The Labute approximate surface area is 154 Å². The molecule has 3 nitrogen and oxygen atoms in total. The summed E-state index contributed by atoms with van der Waals surface area (Å²) in [6.07, 6.45) is 0.639. The van der Waals surface area contributed by atoms with Crippen molar-refractivity contribution in [2.45, 2.75) is 12.5 Å². The maximum absolute atomic E-state index is 12.6.